The van der Waals surface area contributed by atoms with Crippen molar-refractivity contribution < 1.29 is 27.3 Å². The third-order valence-electron chi connectivity index (χ3n) is 2.89. The molecule has 0 aliphatic carbocycles. The molecule has 7 heteroatoms. The van der Waals surface area contributed by atoms with Gasteiger partial charge in [0.1, 0.15) is 0 Å². The molecule has 19 heavy (non-hydrogen) atoms. The molecule has 0 amide bonds. The molecule has 0 spiro atoms. The van der Waals surface area contributed by atoms with E-state index < -0.39 is 20.3 Å². The maximum atomic E-state index is 10.7. The summed E-state index contributed by atoms with van der Waals surface area (Å²) < 4.78 is 21.2. The molecule has 0 saturated carbocycles. The van der Waals surface area contributed by atoms with Gasteiger partial charge in [-0.1, -0.05) is 13.8 Å². The second-order valence-corrected chi connectivity index (χ2v) is 7.24. The summed E-state index contributed by atoms with van der Waals surface area (Å²) >= 11 is 0. The molecule has 0 aromatic carbocycles. The second kappa shape index (κ2) is 7.02. The van der Waals surface area contributed by atoms with E-state index >= 15 is 0 Å². The fourth-order valence-electron chi connectivity index (χ4n) is 1.08. The van der Waals surface area contributed by atoms with Crippen LogP contribution in [0.3, 0.4) is 0 Å². The first-order chi connectivity index (χ1) is 8.66. The van der Waals surface area contributed by atoms with Crippen LogP contribution in [0.4, 0.5) is 0 Å². The molecular weight excluding hydrogens is 268 g/mol. The van der Waals surface area contributed by atoms with E-state index in [4.69, 9.17) is 17.7 Å². The fraction of sp³-hybridized carbons (Fsp3) is 0.833. The zero-order chi connectivity index (χ0) is 15.2. The van der Waals surface area contributed by atoms with Gasteiger partial charge in [0.25, 0.3) is 12.9 Å². The van der Waals surface area contributed by atoms with E-state index in [-0.39, 0.29) is 12.9 Å². The number of rotatable bonds is 10. The molecular formula is C12H24O6Si. The van der Waals surface area contributed by atoms with Crippen molar-refractivity contribution in [3.8, 4) is 0 Å². The molecule has 0 aliphatic rings. The van der Waals surface area contributed by atoms with Crippen molar-refractivity contribution >= 4 is 22.0 Å². The highest BCUT2D eigenvalue weighted by Gasteiger charge is 2.57. The summed E-state index contributed by atoms with van der Waals surface area (Å²) in [5.74, 6) is 0. The number of hydrogen-bond acceptors (Lipinski definition) is 6. The summed E-state index contributed by atoms with van der Waals surface area (Å²) in [6.07, 6.45) is 1.28. The van der Waals surface area contributed by atoms with Crippen molar-refractivity contribution in [2.45, 2.75) is 65.6 Å². The zero-order valence-electron chi connectivity index (χ0n) is 12.5. The van der Waals surface area contributed by atoms with Gasteiger partial charge in [0.15, 0.2) is 0 Å². The molecule has 0 fully saturated rings. The van der Waals surface area contributed by atoms with Gasteiger partial charge in [-0.25, -0.2) is 0 Å². The standard InChI is InChI=1S/C12H24O6Si/c1-7-11(3,4)17-19(15-9-13,16-10-14)18-12(5,6)8-2/h9-10H,7-8H2,1-6H3. The largest absolute Gasteiger partial charge is 0.825 e. The van der Waals surface area contributed by atoms with E-state index in [9.17, 15) is 9.59 Å². The zero-order valence-corrected chi connectivity index (χ0v) is 13.5. The van der Waals surface area contributed by atoms with Crippen molar-refractivity contribution in [2.75, 3.05) is 0 Å². The fourth-order valence-corrected chi connectivity index (χ4v) is 3.25. The molecule has 0 aromatic heterocycles. The van der Waals surface area contributed by atoms with Crippen molar-refractivity contribution in [1.29, 1.82) is 0 Å². The third kappa shape index (κ3) is 6.17. The van der Waals surface area contributed by atoms with Crippen molar-refractivity contribution in [1.82, 2.24) is 0 Å². The number of hydrogen-bond donors (Lipinski definition) is 0. The Balaban J connectivity index is 5.28. The van der Waals surface area contributed by atoms with Gasteiger partial charge in [-0.3, -0.25) is 9.59 Å². The predicted octanol–water partition coefficient (Wildman–Crippen LogP) is 2.18. The summed E-state index contributed by atoms with van der Waals surface area (Å²) in [5, 5.41) is 0. The first-order valence-corrected chi connectivity index (χ1v) is 7.92. The lowest BCUT2D eigenvalue weighted by molar-refractivity contribution is -0.150. The Hall–Kier alpha value is -0.923. The van der Waals surface area contributed by atoms with Gasteiger partial charge in [0, 0.05) is 0 Å². The summed E-state index contributed by atoms with van der Waals surface area (Å²) in [7, 11) is -3.84. The van der Waals surface area contributed by atoms with Crippen LogP contribution in [-0.4, -0.2) is 33.2 Å². The van der Waals surface area contributed by atoms with Crippen LogP contribution in [0, 0.1) is 0 Å². The molecule has 6 nitrogen and oxygen atoms in total. The normalized spacial score (nSPS) is 12.9. The Morgan fingerprint density at radius 2 is 1.16 bits per heavy atom. The second-order valence-electron chi connectivity index (χ2n) is 5.36. The van der Waals surface area contributed by atoms with E-state index in [2.05, 4.69) is 0 Å². The van der Waals surface area contributed by atoms with Crippen molar-refractivity contribution in [2.24, 2.45) is 0 Å². The average Bonchev–Trinajstić information content (AvgIpc) is 2.28. The molecule has 0 atom stereocenters. The van der Waals surface area contributed by atoms with Crippen molar-refractivity contribution in [3.63, 3.8) is 0 Å². The van der Waals surface area contributed by atoms with Gasteiger partial charge in [0.2, 0.25) is 0 Å². The molecule has 0 N–H and O–H groups in total. The molecule has 0 aliphatic heterocycles. The van der Waals surface area contributed by atoms with E-state index in [1.807, 2.05) is 13.8 Å². The summed E-state index contributed by atoms with van der Waals surface area (Å²) in [5.41, 5.74) is -1.27. The van der Waals surface area contributed by atoms with Gasteiger partial charge in [0.05, 0.1) is 11.2 Å². The SMILES string of the molecule is CCC(C)(C)O[Si](OC=O)(OC=O)OC(C)(C)CC. The summed E-state index contributed by atoms with van der Waals surface area (Å²) in [6.45, 7) is 11.4. The van der Waals surface area contributed by atoms with E-state index in [0.717, 1.165) is 0 Å². The Morgan fingerprint density at radius 3 is 1.37 bits per heavy atom. The maximum Gasteiger partial charge on any atom is 0.825 e. The average molecular weight is 292 g/mol. The van der Waals surface area contributed by atoms with E-state index in [1.165, 1.54) is 0 Å². The van der Waals surface area contributed by atoms with Gasteiger partial charge < -0.3 is 17.7 Å². The summed E-state index contributed by atoms with van der Waals surface area (Å²) in [4.78, 5) is 21.4. The topological polar surface area (TPSA) is 71.1 Å². The molecule has 0 bridgehead atoms. The minimum atomic E-state index is -3.84. The van der Waals surface area contributed by atoms with E-state index in [1.54, 1.807) is 27.7 Å². The van der Waals surface area contributed by atoms with E-state index in [0.29, 0.717) is 12.8 Å². The highest BCUT2D eigenvalue weighted by molar-refractivity contribution is 6.56. The Bertz CT molecular complexity index is 273. The lowest BCUT2D eigenvalue weighted by Gasteiger charge is -2.36. The van der Waals surface area contributed by atoms with Crippen LogP contribution in [0.15, 0.2) is 0 Å². The van der Waals surface area contributed by atoms with Crippen LogP contribution in [0.5, 0.6) is 0 Å². The van der Waals surface area contributed by atoms with Crippen LogP contribution < -0.4 is 0 Å². The Labute approximate surface area is 115 Å². The van der Waals surface area contributed by atoms with Crippen LogP contribution in [0.2, 0.25) is 0 Å². The van der Waals surface area contributed by atoms with Crippen molar-refractivity contribution in [3.05, 3.63) is 0 Å². The molecule has 0 heterocycles. The Morgan fingerprint density at radius 1 is 0.842 bits per heavy atom. The molecule has 112 valence electrons. The molecule has 0 rings (SSSR count). The predicted molar refractivity (Wildman–Crippen MR) is 71.0 cm³/mol. The van der Waals surface area contributed by atoms with Gasteiger partial charge >= 0.3 is 9.05 Å². The smallest absolute Gasteiger partial charge is 0.445 e. The first kappa shape index (κ1) is 18.1. The van der Waals surface area contributed by atoms with Crippen LogP contribution in [0.1, 0.15) is 54.4 Å². The van der Waals surface area contributed by atoms with Crippen LogP contribution in [0.25, 0.3) is 0 Å². The minimum absolute atomic E-state index is 0.188. The monoisotopic (exact) mass is 292 g/mol. The lowest BCUT2D eigenvalue weighted by Crippen LogP contribution is -2.57. The van der Waals surface area contributed by atoms with Crippen LogP contribution >= 0.6 is 0 Å². The van der Waals surface area contributed by atoms with Gasteiger partial charge in [-0.15, -0.1) is 0 Å². The number of carbonyl (C=O) groups is 2. The Kier molecular flexibility index (Phi) is 6.68. The maximum absolute atomic E-state index is 10.7. The third-order valence-corrected chi connectivity index (χ3v) is 5.27. The molecule has 0 saturated heterocycles. The molecule has 0 aromatic rings. The quantitative estimate of drug-likeness (QED) is 0.454. The summed E-state index contributed by atoms with van der Waals surface area (Å²) in [6, 6.07) is 0. The van der Waals surface area contributed by atoms with Crippen LogP contribution in [-0.2, 0) is 27.3 Å². The van der Waals surface area contributed by atoms with Gasteiger partial charge in [-0.2, -0.15) is 0 Å². The molecule has 0 radical (unpaired) electrons. The first-order valence-electron chi connectivity index (χ1n) is 6.29. The highest BCUT2D eigenvalue weighted by atomic mass is 28.4. The molecule has 0 unspecified atom stereocenters. The lowest BCUT2D eigenvalue weighted by atomic mass is 10.1. The van der Waals surface area contributed by atoms with Gasteiger partial charge in [-0.05, 0) is 40.5 Å². The highest BCUT2D eigenvalue weighted by Crippen LogP contribution is 2.28. The number of carbonyl (C=O) groups excluding carboxylic acids is 2. The minimum Gasteiger partial charge on any atom is -0.445 e.